The molecule has 1 aliphatic heterocycles. The number of ether oxygens (including phenoxy) is 1. The maximum absolute atomic E-state index is 13.0. The van der Waals surface area contributed by atoms with E-state index in [0.717, 1.165) is 0 Å². The van der Waals surface area contributed by atoms with Crippen LogP contribution in [0, 0.1) is 0 Å². The fourth-order valence-corrected chi connectivity index (χ4v) is 3.76. The van der Waals surface area contributed by atoms with Crippen molar-refractivity contribution >= 4 is 23.0 Å². The summed E-state index contributed by atoms with van der Waals surface area (Å²) in [5.41, 5.74) is 0.578. The van der Waals surface area contributed by atoms with E-state index < -0.39 is 23.5 Å². The van der Waals surface area contributed by atoms with E-state index in [0.29, 0.717) is 10.4 Å². The number of benzene rings is 1. The molecular formula is C20H21NO5S. The Morgan fingerprint density at radius 2 is 2.04 bits per heavy atom. The zero-order chi connectivity index (χ0) is 19.6. The van der Waals surface area contributed by atoms with Crippen LogP contribution in [0.4, 0.5) is 0 Å². The van der Waals surface area contributed by atoms with Crippen LogP contribution in [0.2, 0.25) is 0 Å². The highest BCUT2D eigenvalue weighted by Gasteiger charge is 2.43. The van der Waals surface area contributed by atoms with E-state index in [4.69, 9.17) is 4.74 Å². The third-order valence-corrected chi connectivity index (χ3v) is 5.13. The second-order valence-corrected chi connectivity index (χ2v) is 7.43. The maximum Gasteiger partial charge on any atom is 0.290 e. The Bertz CT molecular complexity index is 872. The van der Waals surface area contributed by atoms with Crippen LogP contribution in [-0.4, -0.2) is 46.1 Å². The smallest absolute Gasteiger partial charge is 0.290 e. The van der Waals surface area contributed by atoms with Gasteiger partial charge in [-0.1, -0.05) is 18.2 Å². The molecule has 0 fully saturated rings. The molecule has 0 aliphatic carbocycles. The molecule has 0 saturated carbocycles. The van der Waals surface area contributed by atoms with Crippen LogP contribution in [0.1, 0.15) is 35.1 Å². The number of phenols is 1. The average Bonchev–Trinajstić information content (AvgIpc) is 3.24. The zero-order valence-corrected chi connectivity index (χ0v) is 15.9. The summed E-state index contributed by atoms with van der Waals surface area (Å²) >= 11 is 1.25. The first-order valence-electron chi connectivity index (χ1n) is 8.63. The van der Waals surface area contributed by atoms with Crippen molar-refractivity contribution in [2.24, 2.45) is 0 Å². The normalized spacial score (nSPS) is 17.2. The lowest BCUT2D eigenvalue weighted by Gasteiger charge is -2.27. The molecule has 0 radical (unpaired) electrons. The molecule has 3 rings (SSSR count). The molecule has 27 heavy (non-hydrogen) atoms. The van der Waals surface area contributed by atoms with Crippen LogP contribution in [0.15, 0.2) is 53.1 Å². The van der Waals surface area contributed by atoms with Gasteiger partial charge in [0.25, 0.3) is 5.91 Å². The summed E-state index contributed by atoms with van der Waals surface area (Å²) in [5, 5.41) is 22.1. The van der Waals surface area contributed by atoms with Crippen molar-refractivity contribution in [3.05, 3.63) is 63.6 Å². The first kappa shape index (κ1) is 19.1. The molecule has 7 heteroatoms. The second-order valence-electron chi connectivity index (χ2n) is 6.48. The van der Waals surface area contributed by atoms with E-state index >= 15 is 0 Å². The molecule has 6 nitrogen and oxygen atoms in total. The highest BCUT2D eigenvalue weighted by Crippen LogP contribution is 2.40. The van der Waals surface area contributed by atoms with Gasteiger partial charge in [0, 0.05) is 6.54 Å². The van der Waals surface area contributed by atoms with Crippen molar-refractivity contribution in [3.63, 3.8) is 0 Å². The summed E-state index contributed by atoms with van der Waals surface area (Å²) < 4.78 is 5.54. The van der Waals surface area contributed by atoms with Crippen molar-refractivity contribution in [3.8, 4) is 5.75 Å². The number of aliphatic hydroxyl groups excluding tert-OH is 1. The van der Waals surface area contributed by atoms with E-state index in [1.807, 2.05) is 13.8 Å². The fraction of sp³-hybridized carbons (Fsp3) is 0.300. The number of phenolic OH excluding ortho intramolecular Hbond substituents is 1. The number of hydrogen-bond acceptors (Lipinski definition) is 6. The molecule has 2 N–H and O–H groups in total. The van der Waals surface area contributed by atoms with Gasteiger partial charge in [0.15, 0.2) is 5.76 Å². The molecule has 1 aromatic heterocycles. The lowest BCUT2D eigenvalue weighted by molar-refractivity contribution is -0.130. The van der Waals surface area contributed by atoms with E-state index in [1.54, 1.807) is 29.6 Å². The third kappa shape index (κ3) is 3.89. The van der Waals surface area contributed by atoms with Crippen LogP contribution in [0.3, 0.4) is 0 Å². The molecule has 2 aromatic rings. The zero-order valence-electron chi connectivity index (χ0n) is 15.1. The minimum atomic E-state index is -0.782. The lowest BCUT2D eigenvalue weighted by atomic mass is 9.95. The van der Waals surface area contributed by atoms with Gasteiger partial charge in [-0.05, 0) is 43.0 Å². The van der Waals surface area contributed by atoms with Gasteiger partial charge in [-0.15, -0.1) is 11.3 Å². The summed E-state index contributed by atoms with van der Waals surface area (Å²) in [7, 11) is 0. The van der Waals surface area contributed by atoms with Crippen molar-refractivity contribution in [2.75, 3.05) is 13.2 Å². The quantitative estimate of drug-likeness (QED) is 0.711. The standard InChI is InChI=1S/C20H21NO5S/c1-12(2)26-9-8-21-17(13-5-3-6-14(22)11-13)16(19(24)20(21)25)18(23)15-7-4-10-27-15/h3-7,10-12,17,22,24H,8-9H2,1-2H3. The minimum absolute atomic E-state index is 0.00398. The molecule has 1 amide bonds. The Morgan fingerprint density at radius 1 is 1.26 bits per heavy atom. The van der Waals surface area contributed by atoms with Crippen molar-refractivity contribution < 1.29 is 24.5 Å². The topological polar surface area (TPSA) is 87.1 Å². The van der Waals surface area contributed by atoms with Gasteiger partial charge in [0.05, 0.1) is 29.2 Å². The molecule has 142 valence electrons. The highest BCUT2D eigenvalue weighted by atomic mass is 32.1. The van der Waals surface area contributed by atoms with Crippen molar-refractivity contribution in [1.29, 1.82) is 0 Å². The van der Waals surface area contributed by atoms with Crippen LogP contribution in [0.5, 0.6) is 5.75 Å². The number of amides is 1. The van der Waals surface area contributed by atoms with Gasteiger partial charge in [-0.3, -0.25) is 9.59 Å². The van der Waals surface area contributed by atoms with E-state index in [9.17, 15) is 19.8 Å². The molecule has 1 aliphatic rings. The van der Waals surface area contributed by atoms with E-state index in [1.165, 1.54) is 28.4 Å². The number of hydrogen-bond donors (Lipinski definition) is 2. The number of carbonyl (C=O) groups is 2. The molecule has 2 heterocycles. The van der Waals surface area contributed by atoms with Gasteiger partial charge in [-0.2, -0.15) is 0 Å². The Balaban J connectivity index is 2.00. The van der Waals surface area contributed by atoms with Gasteiger partial charge < -0.3 is 19.8 Å². The summed E-state index contributed by atoms with van der Waals surface area (Å²) in [6.45, 7) is 4.26. The number of Topliss-reactive ketones (excluding diaryl/α,β-unsaturated/α-hetero) is 1. The van der Waals surface area contributed by atoms with Crippen LogP contribution in [0.25, 0.3) is 0 Å². The fourth-order valence-electron chi connectivity index (χ4n) is 3.08. The third-order valence-electron chi connectivity index (χ3n) is 4.26. The Morgan fingerprint density at radius 3 is 2.67 bits per heavy atom. The second kappa shape index (κ2) is 7.94. The molecule has 1 atom stereocenters. The number of rotatable bonds is 7. The molecule has 0 spiro atoms. The maximum atomic E-state index is 13.0. The first-order valence-corrected chi connectivity index (χ1v) is 9.51. The van der Waals surface area contributed by atoms with Gasteiger partial charge in [0.2, 0.25) is 5.78 Å². The monoisotopic (exact) mass is 387 g/mol. The summed E-state index contributed by atoms with van der Waals surface area (Å²) in [6, 6.07) is 8.97. The molecule has 1 unspecified atom stereocenters. The SMILES string of the molecule is CC(C)OCCN1C(=O)C(O)=C(C(=O)c2cccs2)C1c1cccc(O)c1. The number of carbonyl (C=O) groups excluding carboxylic acids is 2. The Labute approximate surface area is 161 Å². The minimum Gasteiger partial charge on any atom is -0.508 e. The number of thiophene rings is 1. The van der Waals surface area contributed by atoms with Crippen LogP contribution < -0.4 is 0 Å². The Kier molecular flexibility index (Phi) is 5.62. The number of ketones is 1. The van der Waals surface area contributed by atoms with Gasteiger partial charge >= 0.3 is 0 Å². The van der Waals surface area contributed by atoms with E-state index in [-0.39, 0.29) is 30.6 Å². The van der Waals surface area contributed by atoms with Crippen molar-refractivity contribution in [2.45, 2.75) is 26.0 Å². The summed E-state index contributed by atoms with van der Waals surface area (Å²) in [5.74, 6) is -1.54. The molecule has 0 saturated heterocycles. The number of aliphatic hydroxyl groups is 1. The number of aromatic hydroxyl groups is 1. The Hall–Kier alpha value is -2.64. The predicted molar refractivity (Wildman–Crippen MR) is 102 cm³/mol. The largest absolute Gasteiger partial charge is 0.508 e. The molecule has 1 aromatic carbocycles. The first-order chi connectivity index (χ1) is 12.9. The molecular weight excluding hydrogens is 366 g/mol. The van der Waals surface area contributed by atoms with Gasteiger partial charge in [-0.25, -0.2) is 0 Å². The predicted octanol–water partition coefficient (Wildman–Crippen LogP) is 3.46. The molecule has 0 bridgehead atoms. The highest BCUT2D eigenvalue weighted by molar-refractivity contribution is 7.12. The van der Waals surface area contributed by atoms with E-state index in [2.05, 4.69) is 0 Å². The van der Waals surface area contributed by atoms with Gasteiger partial charge in [0.1, 0.15) is 5.75 Å². The summed E-state index contributed by atoms with van der Waals surface area (Å²) in [6.07, 6.45) is -0.00398. The van der Waals surface area contributed by atoms with Crippen molar-refractivity contribution in [1.82, 2.24) is 4.90 Å². The average molecular weight is 387 g/mol. The lowest BCUT2D eigenvalue weighted by Crippen LogP contribution is -2.34. The number of nitrogens with zero attached hydrogens (tertiary/aromatic N) is 1. The van der Waals surface area contributed by atoms with Crippen LogP contribution in [-0.2, 0) is 9.53 Å². The van der Waals surface area contributed by atoms with Crippen LogP contribution >= 0.6 is 11.3 Å². The summed E-state index contributed by atoms with van der Waals surface area (Å²) in [4.78, 5) is 27.5.